The number of anilines is 1. The van der Waals surface area contributed by atoms with Crippen molar-refractivity contribution in [2.75, 3.05) is 25.0 Å². The third kappa shape index (κ3) is 3.87. The second kappa shape index (κ2) is 7.24. The van der Waals surface area contributed by atoms with Crippen LogP contribution in [0, 0.1) is 5.92 Å². The van der Waals surface area contributed by atoms with E-state index in [1.807, 2.05) is 16.9 Å². The monoisotopic (exact) mass is 306 g/mol. The Morgan fingerprint density at radius 2 is 2.32 bits per heavy atom. The number of nitrogens with one attached hydrogen (secondary N) is 2. The summed E-state index contributed by atoms with van der Waals surface area (Å²) in [6.07, 6.45) is 7.98. The lowest BCUT2D eigenvalue weighted by atomic mass is 9.88. The molecule has 2 aliphatic rings. The van der Waals surface area contributed by atoms with E-state index in [9.17, 15) is 4.79 Å². The van der Waals surface area contributed by atoms with Crippen LogP contribution in [0.25, 0.3) is 0 Å². The fraction of sp³-hybridized carbons (Fsp3) is 0.750. The maximum Gasteiger partial charge on any atom is 0.251 e. The molecule has 22 heavy (non-hydrogen) atoms. The molecule has 1 aromatic rings. The molecule has 3 atom stereocenters. The minimum absolute atomic E-state index is 0.118. The molecule has 0 unspecified atom stereocenters. The Morgan fingerprint density at radius 1 is 1.45 bits per heavy atom. The van der Waals surface area contributed by atoms with Crippen LogP contribution in [0.15, 0.2) is 12.3 Å². The third-order valence-electron chi connectivity index (χ3n) is 4.75. The number of amides is 1. The molecule has 122 valence electrons. The normalized spacial score (nSPS) is 28.7. The van der Waals surface area contributed by atoms with Crippen LogP contribution < -0.4 is 10.6 Å². The summed E-state index contributed by atoms with van der Waals surface area (Å²) < 4.78 is 7.71. The first-order valence-electron chi connectivity index (χ1n) is 8.39. The van der Waals surface area contributed by atoms with E-state index in [-0.39, 0.29) is 18.6 Å². The van der Waals surface area contributed by atoms with Gasteiger partial charge in [0.15, 0.2) is 5.82 Å². The van der Waals surface area contributed by atoms with E-state index in [1.165, 1.54) is 19.3 Å². The van der Waals surface area contributed by atoms with Gasteiger partial charge < -0.3 is 15.4 Å². The van der Waals surface area contributed by atoms with Gasteiger partial charge >= 0.3 is 0 Å². The van der Waals surface area contributed by atoms with Gasteiger partial charge in [-0.05, 0) is 31.7 Å². The van der Waals surface area contributed by atoms with Crippen LogP contribution in [0.2, 0.25) is 0 Å². The number of aromatic nitrogens is 2. The molecule has 1 aliphatic carbocycles. The summed E-state index contributed by atoms with van der Waals surface area (Å²) in [5.41, 5.74) is 0. The molecule has 1 aliphatic heterocycles. The minimum Gasteiger partial charge on any atom is -0.368 e. The van der Waals surface area contributed by atoms with Crippen molar-refractivity contribution in [2.24, 2.45) is 5.92 Å². The molecule has 0 spiro atoms. The average molecular weight is 306 g/mol. The zero-order valence-corrected chi connectivity index (χ0v) is 13.3. The molecule has 0 radical (unpaired) electrons. The standard InChI is InChI=1S/C16H26N4O2/c1-12-4-2-3-5-14(12)22-11-16(21)18-15-7-9-20(19-15)13-6-8-17-10-13/h7,9,12-14,17H,2-6,8,10-11H2,1H3,(H,18,19,21)/t12-,13-,14-/m1/s1. The van der Waals surface area contributed by atoms with Gasteiger partial charge in [-0.2, -0.15) is 5.10 Å². The SMILES string of the molecule is C[C@@H]1CCCC[C@H]1OCC(=O)Nc1ccn([C@@H]2CCNC2)n1. The maximum absolute atomic E-state index is 12.0. The van der Waals surface area contributed by atoms with Gasteiger partial charge in [0.2, 0.25) is 0 Å². The summed E-state index contributed by atoms with van der Waals surface area (Å²) in [5.74, 6) is 1.04. The van der Waals surface area contributed by atoms with Gasteiger partial charge in [0.1, 0.15) is 6.61 Å². The number of hydrogen-bond donors (Lipinski definition) is 2. The molecule has 3 rings (SSSR count). The van der Waals surface area contributed by atoms with E-state index in [0.29, 0.717) is 17.8 Å². The molecule has 6 nitrogen and oxygen atoms in total. The van der Waals surface area contributed by atoms with Gasteiger partial charge in [0.25, 0.3) is 5.91 Å². The van der Waals surface area contributed by atoms with Crippen LogP contribution in [0.3, 0.4) is 0 Å². The van der Waals surface area contributed by atoms with Gasteiger partial charge in [-0.25, -0.2) is 0 Å². The van der Waals surface area contributed by atoms with E-state index in [4.69, 9.17) is 4.74 Å². The molecular weight excluding hydrogens is 280 g/mol. The molecule has 0 aromatic carbocycles. The van der Waals surface area contributed by atoms with E-state index in [1.54, 1.807) is 0 Å². The maximum atomic E-state index is 12.0. The number of rotatable bonds is 5. The summed E-state index contributed by atoms with van der Waals surface area (Å²) in [5, 5.41) is 10.6. The van der Waals surface area contributed by atoms with Crippen molar-refractivity contribution in [2.45, 2.75) is 51.2 Å². The van der Waals surface area contributed by atoms with Crippen molar-refractivity contribution in [1.29, 1.82) is 0 Å². The van der Waals surface area contributed by atoms with Crippen molar-refractivity contribution in [3.8, 4) is 0 Å². The smallest absolute Gasteiger partial charge is 0.251 e. The van der Waals surface area contributed by atoms with Crippen molar-refractivity contribution in [3.63, 3.8) is 0 Å². The molecule has 1 aromatic heterocycles. The van der Waals surface area contributed by atoms with Crippen LogP contribution >= 0.6 is 0 Å². The Hall–Kier alpha value is -1.40. The zero-order valence-electron chi connectivity index (χ0n) is 13.3. The second-order valence-corrected chi connectivity index (χ2v) is 6.49. The van der Waals surface area contributed by atoms with Crippen molar-refractivity contribution < 1.29 is 9.53 Å². The first-order valence-corrected chi connectivity index (χ1v) is 8.39. The largest absolute Gasteiger partial charge is 0.368 e. The molecule has 6 heteroatoms. The van der Waals surface area contributed by atoms with Crippen LogP contribution in [-0.2, 0) is 9.53 Å². The molecule has 2 fully saturated rings. The average Bonchev–Trinajstić information content (AvgIpc) is 3.17. The Labute approximate surface area is 131 Å². The molecule has 2 N–H and O–H groups in total. The Morgan fingerprint density at radius 3 is 3.09 bits per heavy atom. The summed E-state index contributed by atoms with van der Waals surface area (Å²) in [4.78, 5) is 12.0. The molecule has 1 saturated heterocycles. The second-order valence-electron chi connectivity index (χ2n) is 6.49. The minimum atomic E-state index is -0.118. The van der Waals surface area contributed by atoms with E-state index < -0.39 is 0 Å². The first kappa shape index (κ1) is 15.5. The van der Waals surface area contributed by atoms with E-state index in [0.717, 1.165) is 25.9 Å². The molecule has 0 bridgehead atoms. The molecule has 2 heterocycles. The lowest BCUT2D eigenvalue weighted by Crippen LogP contribution is -2.29. The number of hydrogen-bond acceptors (Lipinski definition) is 4. The first-order chi connectivity index (χ1) is 10.7. The quantitative estimate of drug-likeness (QED) is 0.872. The third-order valence-corrected chi connectivity index (χ3v) is 4.75. The predicted octanol–water partition coefficient (Wildman–Crippen LogP) is 1.95. The lowest BCUT2D eigenvalue weighted by Gasteiger charge is -2.28. The number of carbonyl (C=O) groups excluding carboxylic acids is 1. The van der Waals surface area contributed by atoms with Gasteiger partial charge in [-0.15, -0.1) is 0 Å². The predicted molar refractivity (Wildman–Crippen MR) is 84.8 cm³/mol. The van der Waals surface area contributed by atoms with Crippen LogP contribution in [0.5, 0.6) is 0 Å². The van der Waals surface area contributed by atoms with E-state index in [2.05, 4.69) is 22.7 Å². The fourth-order valence-electron chi connectivity index (χ4n) is 3.36. The number of nitrogens with zero attached hydrogens (tertiary/aromatic N) is 2. The number of carbonyl (C=O) groups is 1. The van der Waals surface area contributed by atoms with Crippen LogP contribution in [-0.4, -0.2) is 41.5 Å². The van der Waals surface area contributed by atoms with Crippen molar-refractivity contribution in [1.82, 2.24) is 15.1 Å². The molecule has 1 saturated carbocycles. The van der Waals surface area contributed by atoms with E-state index >= 15 is 0 Å². The van der Waals surface area contributed by atoms with Crippen molar-refractivity contribution in [3.05, 3.63) is 12.3 Å². The van der Waals surface area contributed by atoms with Gasteiger partial charge in [-0.3, -0.25) is 9.48 Å². The fourth-order valence-corrected chi connectivity index (χ4v) is 3.36. The summed E-state index contributed by atoms with van der Waals surface area (Å²) in [6, 6.07) is 2.24. The number of ether oxygens (including phenoxy) is 1. The van der Waals surface area contributed by atoms with Gasteiger partial charge in [-0.1, -0.05) is 19.8 Å². The van der Waals surface area contributed by atoms with Gasteiger partial charge in [0.05, 0.1) is 12.1 Å². The zero-order chi connectivity index (χ0) is 15.4. The highest BCUT2D eigenvalue weighted by Crippen LogP contribution is 2.26. The Bertz CT molecular complexity index is 496. The highest BCUT2D eigenvalue weighted by molar-refractivity contribution is 5.90. The summed E-state index contributed by atoms with van der Waals surface area (Å²) in [6.45, 7) is 4.29. The topological polar surface area (TPSA) is 68.2 Å². The molecule has 1 amide bonds. The summed E-state index contributed by atoms with van der Waals surface area (Å²) in [7, 11) is 0. The van der Waals surface area contributed by atoms with Crippen molar-refractivity contribution >= 4 is 11.7 Å². The Balaban J connectivity index is 1.45. The highest BCUT2D eigenvalue weighted by atomic mass is 16.5. The highest BCUT2D eigenvalue weighted by Gasteiger charge is 2.23. The van der Waals surface area contributed by atoms with Crippen LogP contribution in [0.4, 0.5) is 5.82 Å². The Kier molecular flexibility index (Phi) is 5.10. The van der Waals surface area contributed by atoms with Crippen LogP contribution in [0.1, 0.15) is 45.1 Å². The lowest BCUT2D eigenvalue weighted by molar-refractivity contribution is -0.124. The summed E-state index contributed by atoms with van der Waals surface area (Å²) >= 11 is 0. The van der Waals surface area contributed by atoms with Gasteiger partial charge in [0, 0.05) is 18.8 Å². The molecular formula is C16H26N4O2.